The number of hydrogen-bond acceptors (Lipinski definition) is 4. The summed E-state index contributed by atoms with van der Waals surface area (Å²) in [5, 5.41) is 0. The largest absolute Gasteiger partial charge is 0.493 e. The fourth-order valence-corrected chi connectivity index (χ4v) is 3.25. The first-order valence-corrected chi connectivity index (χ1v) is 8.60. The molecule has 0 N–H and O–H groups in total. The highest BCUT2D eigenvalue weighted by Gasteiger charge is 2.29. The van der Waals surface area contributed by atoms with E-state index in [2.05, 4.69) is 4.98 Å². The van der Waals surface area contributed by atoms with Crippen LogP contribution in [-0.2, 0) is 24.7 Å². The lowest BCUT2D eigenvalue weighted by Crippen LogP contribution is -2.39. The van der Waals surface area contributed by atoms with Crippen LogP contribution in [0, 0.1) is 5.92 Å². The summed E-state index contributed by atoms with van der Waals surface area (Å²) >= 11 is 0. The van der Waals surface area contributed by atoms with Crippen LogP contribution >= 0.6 is 0 Å². The summed E-state index contributed by atoms with van der Waals surface area (Å²) in [7, 11) is 5.48. The highest BCUT2D eigenvalue weighted by atomic mass is 16.5. The second-order valence-corrected chi connectivity index (χ2v) is 6.48. The Morgan fingerprint density at radius 3 is 3.04 bits per heavy atom. The molecule has 0 saturated carbocycles. The van der Waals surface area contributed by atoms with E-state index in [-0.39, 0.29) is 11.8 Å². The predicted molar refractivity (Wildman–Crippen MR) is 94.8 cm³/mol. The molecule has 134 valence electrons. The Bertz CT molecular complexity index is 741. The molecule has 0 fully saturated rings. The lowest BCUT2D eigenvalue weighted by molar-refractivity contribution is -0.135. The third-order valence-corrected chi connectivity index (χ3v) is 4.72. The number of hydrogen-bond donors (Lipinski definition) is 0. The molecule has 0 aliphatic carbocycles. The Morgan fingerprint density at radius 2 is 2.32 bits per heavy atom. The molecule has 0 bridgehead atoms. The summed E-state index contributed by atoms with van der Waals surface area (Å²) in [4.78, 5) is 18.8. The number of para-hydroxylation sites is 1. The van der Waals surface area contributed by atoms with E-state index < -0.39 is 0 Å². The van der Waals surface area contributed by atoms with Crippen molar-refractivity contribution in [3.63, 3.8) is 0 Å². The van der Waals surface area contributed by atoms with Crippen LogP contribution in [-0.4, -0.2) is 47.7 Å². The van der Waals surface area contributed by atoms with Crippen LogP contribution in [0.4, 0.5) is 0 Å². The number of carbonyl (C=O) groups excluding carboxylic acids is 1. The maximum absolute atomic E-state index is 12.7. The van der Waals surface area contributed by atoms with Crippen LogP contribution in [0.25, 0.3) is 0 Å². The third-order valence-electron chi connectivity index (χ3n) is 4.72. The van der Waals surface area contributed by atoms with E-state index in [1.807, 2.05) is 48.0 Å². The summed E-state index contributed by atoms with van der Waals surface area (Å²) < 4.78 is 13.2. The number of carbonyl (C=O) groups is 1. The number of aromatic nitrogens is 2. The topological polar surface area (TPSA) is 56.6 Å². The number of fused-ring (bicyclic) bond motifs is 1. The smallest absolute Gasteiger partial charge is 0.229 e. The van der Waals surface area contributed by atoms with Crippen molar-refractivity contribution in [1.29, 1.82) is 0 Å². The summed E-state index contributed by atoms with van der Waals surface area (Å²) in [6, 6.07) is 5.81. The minimum absolute atomic E-state index is 0.133. The van der Waals surface area contributed by atoms with Gasteiger partial charge in [-0.25, -0.2) is 4.98 Å². The molecule has 1 aliphatic rings. The number of nitrogens with zero attached hydrogens (tertiary/aromatic N) is 3. The van der Waals surface area contributed by atoms with Crippen molar-refractivity contribution in [3.8, 4) is 11.5 Å². The van der Waals surface area contributed by atoms with Crippen molar-refractivity contribution in [2.24, 2.45) is 13.0 Å². The number of benzene rings is 1. The lowest BCUT2D eigenvalue weighted by Gasteiger charge is -2.29. The van der Waals surface area contributed by atoms with Crippen molar-refractivity contribution in [3.05, 3.63) is 42.0 Å². The SMILES string of the molecule is COc1cccc2c1OCC(C(=O)N(C)CCCc1nccn1C)C2. The molecular formula is C19H25N3O3. The van der Waals surface area contributed by atoms with Gasteiger partial charge in [0.15, 0.2) is 11.5 Å². The van der Waals surface area contributed by atoms with Crippen LogP contribution < -0.4 is 9.47 Å². The maximum Gasteiger partial charge on any atom is 0.229 e. The van der Waals surface area contributed by atoms with E-state index in [0.29, 0.717) is 19.6 Å². The Kier molecular flexibility index (Phi) is 5.26. The minimum atomic E-state index is -0.141. The van der Waals surface area contributed by atoms with Gasteiger partial charge in [0, 0.05) is 39.5 Å². The van der Waals surface area contributed by atoms with Crippen molar-refractivity contribution in [2.75, 3.05) is 27.3 Å². The first-order valence-electron chi connectivity index (χ1n) is 8.60. The summed E-state index contributed by atoms with van der Waals surface area (Å²) in [6.45, 7) is 1.11. The van der Waals surface area contributed by atoms with Crippen LogP contribution in [0.3, 0.4) is 0 Å². The molecule has 0 radical (unpaired) electrons. The molecule has 6 heteroatoms. The number of methoxy groups -OCH3 is 1. The van der Waals surface area contributed by atoms with Gasteiger partial charge in [-0.2, -0.15) is 0 Å². The molecular weight excluding hydrogens is 318 g/mol. The Morgan fingerprint density at radius 1 is 1.48 bits per heavy atom. The molecule has 0 saturated heterocycles. The average Bonchev–Trinajstić information content (AvgIpc) is 3.04. The molecule has 1 amide bonds. The highest BCUT2D eigenvalue weighted by Crippen LogP contribution is 2.36. The molecule has 25 heavy (non-hydrogen) atoms. The second-order valence-electron chi connectivity index (χ2n) is 6.48. The van der Waals surface area contributed by atoms with E-state index in [0.717, 1.165) is 35.7 Å². The summed E-state index contributed by atoms with van der Waals surface area (Å²) in [5.74, 6) is 2.53. The Balaban J connectivity index is 1.55. The fourth-order valence-electron chi connectivity index (χ4n) is 3.25. The standard InChI is InChI=1S/C19H25N3O3/c1-21-11-9-20-17(21)8-5-10-22(2)19(23)15-12-14-6-4-7-16(24-3)18(14)25-13-15/h4,6-7,9,11,15H,5,8,10,12-13H2,1-3H3. The highest BCUT2D eigenvalue weighted by molar-refractivity contribution is 5.79. The average molecular weight is 343 g/mol. The molecule has 0 spiro atoms. The Hall–Kier alpha value is -2.50. The molecule has 2 aromatic rings. The summed E-state index contributed by atoms with van der Waals surface area (Å²) in [5.41, 5.74) is 1.03. The van der Waals surface area contributed by atoms with Crippen LogP contribution in [0.2, 0.25) is 0 Å². The van der Waals surface area contributed by atoms with E-state index >= 15 is 0 Å². The number of aryl methyl sites for hydroxylation is 2. The van der Waals surface area contributed by atoms with E-state index in [1.165, 1.54) is 0 Å². The number of ether oxygens (including phenoxy) is 2. The molecule has 6 nitrogen and oxygen atoms in total. The van der Waals surface area contributed by atoms with Crippen LogP contribution in [0.5, 0.6) is 11.5 Å². The molecule has 1 aromatic carbocycles. The van der Waals surface area contributed by atoms with Gasteiger partial charge in [0.25, 0.3) is 0 Å². The molecule has 1 unspecified atom stereocenters. The molecule has 3 rings (SSSR count). The molecule has 1 aliphatic heterocycles. The number of rotatable bonds is 6. The number of amides is 1. The van der Waals surface area contributed by atoms with E-state index in [9.17, 15) is 4.79 Å². The predicted octanol–water partition coefficient (Wildman–Crippen LogP) is 2.07. The van der Waals surface area contributed by atoms with Gasteiger partial charge in [0.2, 0.25) is 5.91 Å². The van der Waals surface area contributed by atoms with Crippen molar-refractivity contribution in [2.45, 2.75) is 19.3 Å². The van der Waals surface area contributed by atoms with Gasteiger partial charge in [-0.15, -0.1) is 0 Å². The van der Waals surface area contributed by atoms with Crippen molar-refractivity contribution >= 4 is 5.91 Å². The van der Waals surface area contributed by atoms with E-state index in [4.69, 9.17) is 9.47 Å². The molecule has 1 atom stereocenters. The van der Waals surface area contributed by atoms with Gasteiger partial charge in [0.05, 0.1) is 13.0 Å². The monoisotopic (exact) mass is 343 g/mol. The van der Waals surface area contributed by atoms with Gasteiger partial charge < -0.3 is 18.9 Å². The van der Waals surface area contributed by atoms with Gasteiger partial charge in [-0.05, 0) is 24.5 Å². The van der Waals surface area contributed by atoms with Gasteiger partial charge in [0.1, 0.15) is 12.4 Å². The van der Waals surface area contributed by atoms with Gasteiger partial charge in [-0.3, -0.25) is 4.79 Å². The maximum atomic E-state index is 12.7. The zero-order valence-corrected chi connectivity index (χ0v) is 15.1. The zero-order valence-electron chi connectivity index (χ0n) is 15.1. The first kappa shape index (κ1) is 17.3. The normalized spacial score (nSPS) is 16.0. The van der Waals surface area contributed by atoms with E-state index in [1.54, 1.807) is 13.3 Å². The third kappa shape index (κ3) is 3.78. The zero-order chi connectivity index (χ0) is 17.8. The van der Waals surface area contributed by atoms with Gasteiger partial charge in [-0.1, -0.05) is 12.1 Å². The molecule has 1 aromatic heterocycles. The molecule has 2 heterocycles. The van der Waals surface area contributed by atoms with Crippen molar-refractivity contribution in [1.82, 2.24) is 14.5 Å². The van der Waals surface area contributed by atoms with Crippen LogP contribution in [0.1, 0.15) is 17.8 Å². The van der Waals surface area contributed by atoms with Crippen LogP contribution in [0.15, 0.2) is 30.6 Å². The first-order chi connectivity index (χ1) is 12.1. The second kappa shape index (κ2) is 7.59. The lowest BCUT2D eigenvalue weighted by atomic mass is 9.95. The summed E-state index contributed by atoms with van der Waals surface area (Å²) in [6.07, 6.45) is 6.19. The number of imidazole rings is 1. The fraction of sp³-hybridized carbons (Fsp3) is 0.474. The Labute approximate surface area is 148 Å². The minimum Gasteiger partial charge on any atom is -0.493 e. The van der Waals surface area contributed by atoms with Gasteiger partial charge >= 0.3 is 0 Å². The quantitative estimate of drug-likeness (QED) is 0.806. The van der Waals surface area contributed by atoms with Crippen molar-refractivity contribution < 1.29 is 14.3 Å².